The van der Waals surface area contributed by atoms with E-state index in [4.69, 9.17) is 4.74 Å². The Bertz CT molecular complexity index is 309. The van der Waals surface area contributed by atoms with Crippen LogP contribution in [0.3, 0.4) is 0 Å². The van der Waals surface area contributed by atoms with Gasteiger partial charge in [-0.3, -0.25) is 0 Å². The van der Waals surface area contributed by atoms with Gasteiger partial charge in [-0.1, -0.05) is 29.8 Å². The van der Waals surface area contributed by atoms with Gasteiger partial charge >= 0.3 is 0 Å². The smallest absolute Gasteiger partial charge is 0.293 e. The van der Waals surface area contributed by atoms with Crippen LogP contribution >= 0.6 is 0 Å². The van der Waals surface area contributed by atoms with Crippen molar-refractivity contribution in [2.45, 2.75) is 19.5 Å². The number of halogens is 2. The standard InChI is InChI=1S/C12H16F2O2/c1-10-3-5-11(6-4-10)7-16-9-12(13,14)8-15-2/h3-6H,7-9H2,1-2H3. The van der Waals surface area contributed by atoms with Crippen LogP contribution in [0.2, 0.25) is 0 Å². The molecule has 0 radical (unpaired) electrons. The first kappa shape index (κ1) is 13.1. The van der Waals surface area contributed by atoms with Crippen LogP contribution in [0, 0.1) is 6.92 Å². The van der Waals surface area contributed by atoms with Crippen LogP contribution in [0.1, 0.15) is 11.1 Å². The number of hydrogen-bond donors (Lipinski definition) is 0. The molecule has 90 valence electrons. The monoisotopic (exact) mass is 230 g/mol. The van der Waals surface area contributed by atoms with Crippen molar-refractivity contribution in [2.24, 2.45) is 0 Å². The van der Waals surface area contributed by atoms with Crippen molar-refractivity contribution in [2.75, 3.05) is 20.3 Å². The van der Waals surface area contributed by atoms with Gasteiger partial charge in [-0.05, 0) is 12.5 Å². The predicted molar refractivity (Wildman–Crippen MR) is 57.7 cm³/mol. The Morgan fingerprint density at radius 2 is 1.75 bits per heavy atom. The minimum Gasteiger partial charge on any atom is -0.378 e. The minimum absolute atomic E-state index is 0.194. The Kier molecular flexibility index (Phi) is 4.83. The van der Waals surface area contributed by atoms with Gasteiger partial charge in [0.05, 0.1) is 6.61 Å². The Morgan fingerprint density at radius 3 is 2.31 bits per heavy atom. The molecule has 0 amide bonds. The molecule has 0 unspecified atom stereocenters. The van der Waals surface area contributed by atoms with Gasteiger partial charge in [-0.15, -0.1) is 0 Å². The van der Waals surface area contributed by atoms with Gasteiger partial charge in [0.2, 0.25) is 0 Å². The summed E-state index contributed by atoms with van der Waals surface area (Å²) in [7, 11) is 1.24. The van der Waals surface area contributed by atoms with Gasteiger partial charge in [0.25, 0.3) is 5.92 Å². The van der Waals surface area contributed by atoms with Crippen LogP contribution in [0.5, 0.6) is 0 Å². The van der Waals surface area contributed by atoms with E-state index in [1.807, 2.05) is 31.2 Å². The second-order valence-corrected chi connectivity index (χ2v) is 3.77. The first-order chi connectivity index (χ1) is 7.53. The molecule has 0 fully saturated rings. The number of ether oxygens (including phenoxy) is 2. The van der Waals surface area contributed by atoms with E-state index >= 15 is 0 Å². The molecule has 0 aliphatic carbocycles. The lowest BCUT2D eigenvalue weighted by atomic mass is 10.2. The van der Waals surface area contributed by atoms with Gasteiger partial charge in [0, 0.05) is 7.11 Å². The van der Waals surface area contributed by atoms with E-state index in [1.165, 1.54) is 7.11 Å². The van der Waals surface area contributed by atoms with E-state index in [1.54, 1.807) is 0 Å². The average molecular weight is 230 g/mol. The number of aryl methyl sites for hydroxylation is 1. The zero-order valence-electron chi connectivity index (χ0n) is 9.50. The van der Waals surface area contributed by atoms with Crippen molar-refractivity contribution in [3.05, 3.63) is 35.4 Å². The van der Waals surface area contributed by atoms with E-state index in [0.717, 1.165) is 11.1 Å². The molecule has 0 aromatic heterocycles. The molecule has 1 aromatic carbocycles. The molecule has 0 spiro atoms. The fraction of sp³-hybridized carbons (Fsp3) is 0.500. The Hall–Kier alpha value is -1.00. The molecule has 4 heteroatoms. The lowest BCUT2D eigenvalue weighted by molar-refractivity contribution is -0.119. The maximum Gasteiger partial charge on any atom is 0.293 e. The Morgan fingerprint density at radius 1 is 1.12 bits per heavy atom. The third-order valence-corrected chi connectivity index (χ3v) is 2.06. The number of benzene rings is 1. The van der Waals surface area contributed by atoms with Gasteiger partial charge in [0.1, 0.15) is 13.2 Å². The predicted octanol–water partition coefficient (Wildman–Crippen LogP) is 2.79. The van der Waals surface area contributed by atoms with Crippen molar-refractivity contribution in [1.82, 2.24) is 0 Å². The lowest BCUT2D eigenvalue weighted by Gasteiger charge is -2.15. The molecule has 16 heavy (non-hydrogen) atoms. The third-order valence-electron chi connectivity index (χ3n) is 2.06. The summed E-state index contributed by atoms with van der Waals surface area (Å²) in [6.45, 7) is 0.937. The zero-order valence-corrected chi connectivity index (χ0v) is 9.50. The second-order valence-electron chi connectivity index (χ2n) is 3.77. The van der Waals surface area contributed by atoms with Crippen LogP contribution in [0.4, 0.5) is 8.78 Å². The molecule has 1 rings (SSSR count). The highest BCUT2D eigenvalue weighted by Gasteiger charge is 2.28. The maximum absolute atomic E-state index is 12.9. The van der Waals surface area contributed by atoms with Crippen LogP contribution in [-0.2, 0) is 16.1 Å². The largest absolute Gasteiger partial charge is 0.378 e. The van der Waals surface area contributed by atoms with E-state index < -0.39 is 19.1 Å². The zero-order chi connectivity index (χ0) is 12.0. The maximum atomic E-state index is 12.9. The summed E-state index contributed by atoms with van der Waals surface area (Å²) in [6.07, 6.45) is 0. The summed E-state index contributed by atoms with van der Waals surface area (Å²) >= 11 is 0. The molecule has 0 aliphatic rings. The van der Waals surface area contributed by atoms with Gasteiger partial charge < -0.3 is 9.47 Å². The summed E-state index contributed by atoms with van der Waals surface area (Å²) in [4.78, 5) is 0. The van der Waals surface area contributed by atoms with Gasteiger partial charge in [0.15, 0.2) is 0 Å². The molecular formula is C12H16F2O2. The molecular weight excluding hydrogens is 214 g/mol. The quantitative estimate of drug-likeness (QED) is 0.748. The second kappa shape index (κ2) is 5.92. The third kappa shape index (κ3) is 4.68. The highest BCUT2D eigenvalue weighted by atomic mass is 19.3. The summed E-state index contributed by atoms with van der Waals surface area (Å²) in [6, 6.07) is 7.57. The average Bonchev–Trinajstić information content (AvgIpc) is 2.20. The number of alkyl halides is 2. The van der Waals surface area contributed by atoms with E-state index in [-0.39, 0.29) is 6.61 Å². The van der Waals surface area contributed by atoms with Crippen molar-refractivity contribution < 1.29 is 18.3 Å². The SMILES string of the molecule is COCC(F)(F)COCc1ccc(C)cc1. The summed E-state index contributed by atoms with van der Waals surface area (Å²) in [5.41, 5.74) is 2.02. The van der Waals surface area contributed by atoms with Crippen molar-refractivity contribution in [3.63, 3.8) is 0 Å². The molecule has 0 saturated carbocycles. The van der Waals surface area contributed by atoms with Crippen LogP contribution in [-0.4, -0.2) is 26.2 Å². The summed E-state index contributed by atoms with van der Waals surface area (Å²) < 4.78 is 35.2. The molecule has 0 N–H and O–H groups in total. The number of methoxy groups -OCH3 is 1. The Balaban J connectivity index is 2.32. The molecule has 0 atom stereocenters. The molecule has 0 aliphatic heterocycles. The minimum atomic E-state index is -2.92. The molecule has 0 bridgehead atoms. The van der Waals surface area contributed by atoms with Crippen molar-refractivity contribution in [3.8, 4) is 0 Å². The fourth-order valence-electron chi connectivity index (χ4n) is 1.26. The first-order valence-corrected chi connectivity index (χ1v) is 5.03. The summed E-state index contributed by atoms with van der Waals surface area (Å²) in [5.74, 6) is -2.92. The molecule has 1 aromatic rings. The van der Waals surface area contributed by atoms with E-state index in [2.05, 4.69) is 4.74 Å². The van der Waals surface area contributed by atoms with Crippen molar-refractivity contribution >= 4 is 0 Å². The number of rotatable bonds is 6. The van der Waals surface area contributed by atoms with Crippen LogP contribution in [0.15, 0.2) is 24.3 Å². The fourth-order valence-corrected chi connectivity index (χ4v) is 1.26. The van der Waals surface area contributed by atoms with Crippen LogP contribution in [0.25, 0.3) is 0 Å². The molecule has 2 nitrogen and oxygen atoms in total. The Labute approximate surface area is 94.2 Å². The lowest BCUT2D eigenvalue weighted by Crippen LogP contribution is -2.29. The highest BCUT2D eigenvalue weighted by molar-refractivity contribution is 5.20. The molecule has 0 saturated heterocycles. The topological polar surface area (TPSA) is 18.5 Å². The first-order valence-electron chi connectivity index (χ1n) is 5.03. The van der Waals surface area contributed by atoms with E-state index in [9.17, 15) is 8.78 Å². The normalized spacial score (nSPS) is 11.8. The van der Waals surface area contributed by atoms with Crippen molar-refractivity contribution in [1.29, 1.82) is 0 Å². The van der Waals surface area contributed by atoms with Crippen LogP contribution < -0.4 is 0 Å². The van der Waals surface area contributed by atoms with Gasteiger partial charge in [-0.2, -0.15) is 0 Å². The highest BCUT2D eigenvalue weighted by Crippen LogP contribution is 2.15. The number of hydrogen-bond acceptors (Lipinski definition) is 2. The van der Waals surface area contributed by atoms with E-state index in [0.29, 0.717) is 0 Å². The summed E-state index contributed by atoms with van der Waals surface area (Å²) in [5, 5.41) is 0. The molecule has 0 heterocycles. The van der Waals surface area contributed by atoms with Gasteiger partial charge in [-0.25, -0.2) is 8.78 Å².